The van der Waals surface area contributed by atoms with Crippen molar-refractivity contribution in [2.45, 2.75) is 4.90 Å². The molecule has 26 heavy (non-hydrogen) atoms. The lowest BCUT2D eigenvalue weighted by molar-refractivity contribution is -0.119. The van der Waals surface area contributed by atoms with Gasteiger partial charge in [0.05, 0.1) is 21.3 Å². The minimum Gasteiger partial charge on any atom is -0.452 e. The Bertz CT molecular complexity index is 979. The molecule has 2 aromatic rings. The van der Waals surface area contributed by atoms with Gasteiger partial charge in [0.1, 0.15) is 4.90 Å². The monoisotopic (exact) mass is 436 g/mol. The van der Waals surface area contributed by atoms with Crippen molar-refractivity contribution < 1.29 is 22.7 Å². The molecule has 7 nitrogen and oxygen atoms in total. The third kappa shape index (κ3) is 5.33. The van der Waals surface area contributed by atoms with E-state index >= 15 is 0 Å². The zero-order chi connectivity index (χ0) is 19.5. The van der Waals surface area contributed by atoms with Crippen molar-refractivity contribution in [3.8, 4) is 0 Å². The molecule has 3 N–H and O–H groups in total. The van der Waals surface area contributed by atoms with Gasteiger partial charge in [-0.1, -0.05) is 34.8 Å². The summed E-state index contributed by atoms with van der Waals surface area (Å²) in [4.78, 5) is 23.4. The average Bonchev–Trinajstić information content (AvgIpc) is 2.55. The molecule has 0 aliphatic carbocycles. The molecule has 0 bridgehead atoms. The quantitative estimate of drug-likeness (QED) is 0.697. The van der Waals surface area contributed by atoms with Crippen molar-refractivity contribution in [2.24, 2.45) is 5.14 Å². The predicted molar refractivity (Wildman–Crippen MR) is 98.2 cm³/mol. The highest BCUT2D eigenvalue weighted by atomic mass is 35.5. The predicted octanol–water partition coefficient (Wildman–Crippen LogP) is 3.09. The van der Waals surface area contributed by atoms with E-state index in [9.17, 15) is 18.0 Å². The largest absolute Gasteiger partial charge is 0.452 e. The Hall–Kier alpha value is -1.84. The first-order valence-electron chi connectivity index (χ1n) is 6.82. The summed E-state index contributed by atoms with van der Waals surface area (Å²) in [5.74, 6) is -1.60. The number of sulfonamides is 1. The first-order valence-corrected chi connectivity index (χ1v) is 9.50. The SMILES string of the molecule is NS(=O)(=O)c1cc(C(=O)OCC(=O)Nc2cc(Cl)ccc2Cl)ccc1Cl. The molecule has 11 heteroatoms. The Morgan fingerprint density at radius 1 is 1.04 bits per heavy atom. The zero-order valence-corrected chi connectivity index (χ0v) is 15.9. The van der Waals surface area contributed by atoms with Crippen LogP contribution in [0.25, 0.3) is 0 Å². The molecule has 0 saturated carbocycles. The molecule has 2 rings (SSSR count). The number of rotatable bonds is 5. The average molecular weight is 438 g/mol. The van der Waals surface area contributed by atoms with Crippen LogP contribution in [0.15, 0.2) is 41.3 Å². The van der Waals surface area contributed by atoms with E-state index in [2.05, 4.69) is 5.32 Å². The van der Waals surface area contributed by atoms with Crippen LogP contribution in [0.1, 0.15) is 10.4 Å². The van der Waals surface area contributed by atoms with E-state index in [0.29, 0.717) is 5.02 Å². The van der Waals surface area contributed by atoms with Gasteiger partial charge in [-0.15, -0.1) is 0 Å². The molecule has 0 radical (unpaired) electrons. The lowest BCUT2D eigenvalue weighted by Gasteiger charge is -2.09. The van der Waals surface area contributed by atoms with Crippen LogP contribution in [-0.2, 0) is 19.6 Å². The molecule has 1 amide bonds. The molecule has 138 valence electrons. The van der Waals surface area contributed by atoms with Gasteiger partial charge in [0, 0.05) is 5.02 Å². The topological polar surface area (TPSA) is 116 Å². The maximum atomic E-state index is 12.0. The van der Waals surface area contributed by atoms with Crippen molar-refractivity contribution in [3.05, 3.63) is 57.0 Å². The van der Waals surface area contributed by atoms with Crippen LogP contribution in [0.3, 0.4) is 0 Å². The first kappa shape index (κ1) is 20.5. The Balaban J connectivity index is 2.04. The van der Waals surface area contributed by atoms with Crippen molar-refractivity contribution in [1.82, 2.24) is 0 Å². The number of halogens is 3. The zero-order valence-electron chi connectivity index (χ0n) is 12.8. The number of nitrogens with two attached hydrogens (primary N) is 1. The van der Waals surface area contributed by atoms with E-state index in [1.807, 2.05) is 0 Å². The number of hydrogen-bond acceptors (Lipinski definition) is 5. The molecular weight excluding hydrogens is 427 g/mol. The summed E-state index contributed by atoms with van der Waals surface area (Å²) in [6, 6.07) is 7.86. The van der Waals surface area contributed by atoms with Crippen LogP contribution in [0, 0.1) is 0 Å². The fourth-order valence-corrected chi connectivity index (χ4v) is 3.25. The van der Waals surface area contributed by atoms with Gasteiger partial charge in [0.25, 0.3) is 5.91 Å². The van der Waals surface area contributed by atoms with E-state index in [-0.39, 0.29) is 21.3 Å². The molecule has 0 aromatic heterocycles. The number of benzene rings is 2. The fourth-order valence-electron chi connectivity index (χ4n) is 1.84. The van der Waals surface area contributed by atoms with Crippen molar-refractivity contribution in [2.75, 3.05) is 11.9 Å². The molecule has 0 fully saturated rings. The standard InChI is InChI=1S/C15H11Cl3N2O5S/c16-9-2-4-10(17)12(6-9)20-14(21)7-25-15(22)8-1-3-11(18)13(5-8)26(19,23)24/h1-6H,7H2,(H,20,21)(H2,19,23,24). The van der Waals surface area contributed by atoms with Gasteiger partial charge < -0.3 is 10.1 Å². The maximum Gasteiger partial charge on any atom is 0.338 e. The first-order chi connectivity index (χ1) is 12.1. The second-order valence-electron chi connectivity index (χ2n) is 4.94. The van der Waals surface area contributed by atoms with E-state index in [4.69, 9.17) is 44.7 Å². The number of carbonyl (C=O) groups excluding carboxylic acids is 2. The van der Waals surface area contributed by atoms with E-state index < -0.39 is 33.4 Å². The lowest BCUT2D eigenvalue weighted by atomic mass is 10.2. The number of esters is 1. The summed E-state index contributed by atoms with van der Waals surface area (Å²) in [6.07, 6.45) is 0. The summed E-state index contributed by atoms with van der Waals surface area (Å²) >= 11 is 17.5. The molecule has 0 aliphatic heterocycles. The normalized spacial score (nSPS) is 11.1. The van der Waals surface area contributed by atoms with Gasteiger partial charge in [-0.2, -0.15) is 0 Å². The summed E-state index contributed by atoms with van der Waals surface area (Å²) in [7, 11) is -4.12. The lowest BCUT2D eigenvalue weighted by Crippen LogP contribution is -2.21. The van der Waals surface area contributed by atoms with Gasteiger partial charge in [-0.25, -0.2) is 18.4 Å². The Kier molecular flexibility index (Phi) is 6.48. The Morgan fingerprint density at radius 3 is 2.35 bits per heavy atom. The van der Waals surface area contributed by atoms with Gasteiger partial charge in [0.2, 0.25) is 10.0 Å². The van der Waals surface area contributed by atoms with Crippen LogP contribution < -0.4 is 10.5 Å². The Labute approximate surface area is 164 Å². The molecule has 0 aliphatic rings. The number of carbonyl (C=O) groups is 2. The number of ether oxygens (including phenoxy) is 1. The highest BCUT2D eigenvalue weighted by molar-refractivity contribution is 7.89. The fraction of sp³-hybridized carbons (Fsp3) is 0.0667. The van der Waals surface area contributed by atoms with Crippen molar-refractivity contribution in [1.29, 1.82) is 0 Å². The molecule has 2 aromatic carbocycles. The van der Waals surface area contributed by atoms with Gasteiger partial charge in [-0.05, 0) is 36.4 Å². The second kappa shape index (κ2) is 8.24. The second-order valence-corrected chi connectivity index (χ2v) is 7.72. The van der Waals surface area contributed by atoms with Crippen LogP contribution in [0.5, 0.6) is 0 Å². The highest BCUT2D eigenvalue weighted by Gasteiger charge is 2.18. The van der Waals surface area contributed by atoms with E-state index in [0.717, 1.165) is 6.07 Å². The molecular formula is C15H11Cl3N2O5S. The third-order valence-corrected chi connectivity index (χ3v) is 4.97. The van der Waals surface area contributed by atoms with Gasteiger partial charge in [0.15, 0.2) is 6.61 Å². The minimum absolute atomic E-state index is 0.132. The van der Waals surface area contributed by atoms with Crippen molar-refractivity contribution >= 4 is 62.4 Å². The third-order valence-electron chi connectivity index (χ3n) is 3.01. The number of amides is 1. The smallest absolute Gasteiger partial charge is 0.338 e. The molecule has 0 saturated heterocycles. The molecule has 0 spiro atoms. The molecule has 0 heterocycles. The van der Waals surface area contributed by atoms with E-state index in [1.165, 1.54) is 24.3 Å². The van der Waals surface area contributed by atoms with Gasteiger partial charge in [-0.3, -0.25) is 4.79 Å². The van der Waals surface area contributed by atoms with Crippen LogP contribution in [-0.4, -0.2) is 26.9 Å². The highest BCUT2D eigenvalue weighted by Crippen LogP contribution is 2.25. The summed E-state index contributed by atoms with van der Waals surface area (Å²) in [5, 5.41) is 7.91. The number of hydrogen-bond donors (Lipinski definition) is 2. The van der Waals surface area contributed by atoms with Crippen molar-refractivity contribution in [3.63, 3.8) is 0 Å². The summed E-state index contributed by atoms with van der Waals surface area (Å²) in [5.41, 5.74) is 0.121. The number of nitrogens with one attached hydrogen (secondary N) is 1. The number of anilines is 1. The summed E-state index contributed by atoms with van der Waals surface area (Å²) < 4.78 is 27.7. The van der Waals surface area contributed by atoms with Gasteiger partial charge >= 0.3 is 5.97 Å². The van der Waals surface area contributed by atoms with E-state index in [1.54, 1.807) is 6.07 Å². The Morgan fingerprint density at radius 2 is 1.69 bits per heavy atom. The molecule has 0 atom stereocenters. The number of primary sulfonamides is 1. The summed E-state index contributed by atoms with van der Waals surface area (Å²) in [6.45, 7) is -0.630. The maximum absolute atomic E-state index is 12.0. The van der Waals surface area contributed by atoms with Crippen LogP contribution in [0.4, 0.5) is 5.69 Å². The minimum atomic E-state index is -4.12. The van der Waals surface area contributed by atoms with Crippen LogP contribution in [0.2, 0.25) is 15.1 Å². The van der Waals surface area contributed by atoms with Crippen LogP contribution >= 0.6 is 34.8 Å². The molecule has 0 unspecified atom stereocenters.